The fourth-order valence-corrected chi connectivity index (χ4v) is 2.65. The summed E-state index contributed by atoms with van der Waals surface area (Å²) in [5.41, 5.74) is 5.72. The maximum Gasteiger partial charge on any atom is 0.188 e. The summed E-state index contributed by atoms with van der Waals surface area (Å²) >= 11 is 2.03. The van der Waals surface area contributed by atoms with E-state index in [-0.39, 0.29) is 0 Å². The molecule has 1 unspecified atom stereocenters. The lowest BCUT2D eigenvalue weighted by molar-refractivity contribution is 0.778. The third-order valence-corrected chi connectivity index (χ3v) is 3.80. The Labute approximate surface area is 83.6 Å². The van der Waals surface area contributed by atoms with E-state index in [0.29, 0.717) is 12.0 Å². The zero-order valence-corrected chi connectivity index (χ0v) is 8.65. The maximum absolute atomic E-state index is 5.72. The van der Waals surface area contributed by atoms with E-state index in [4.69, 9.17) is 5.73 Å². The number of aliphatic imine (C=N–C) groups is 1. The van der Waals surface area contributed by atoms with Gasteiger partial charge in [-0.2, -0.15) is 11.8 Å². The molecule has 0 spiro atoms. The molecule has 1 heterocycles. The number of thioether (sulfide) groups is 1. The standard InChI is InChI=1S/C9H17N3S/c10-9(12-7-3-4-7)11-6-8-2-1-5-13-8/h7-8H,1-6H2,(H3,10,11,12). The predicted octanol–water partition coefficient (Wildman–Crippen LogP) is 0.949. The highest BCUT2D eigenvalue weighted by atomic mass is 32.2. The molecule has 1 aliphatic heterocycles. The van der Waals surface area contributed by atoms with Crippen LogP contribution in [0.1, 0.15) is 25.7 Å². The van der Waals surface area contributed by atoms with E-state index in [1.807, 2.05) is 11.8 Å². The molecule has 1 saturated heterocycles. The van der Waals surface area contributed by atoms with Crippen LogP contribution >= 0.6 is 11.8 Å². The SMILES string of the molecule is NC(=NCC1CCCS1)NC1CC1. The van der Waals surface area contributed by atoms with Crippen molar-refractivity contribution in [3.8, 4) is 0 Å². The van der Waals surface area contributed by atoms with Gasteiger partial charge < -0.3 is 11.1 Å². The van der Waals surface area contributed by atoms with Crippen LogP contribution in [0.3, 0.4) is 0 Å². The molecule has 0 amide bonds. The third kappa shape index (κ3) is 3.10. The van der Waals surface area contributed by atoms with Crippen LogP contribution in [0.25, 0.3) is 0 Å². The molecule has 1 atom stereocenters. The minimum absolute atomic E-state index is 0.625. The minimum Gasteiger partial charge on any atom is -0.370 e. The number of rotatable bonds is 3. The topological polar surface area (TPSA) is 50.4 Å². The summed E-state index contributed by atoms with van der Waals surface area (Å²) in [4.78, 5) is 4.35. The van der Waals surface area contributed by atoms with Gasteiger partial charge >= 0.3 is 0 Å². The van der Waals surface area contributed by atoms with E-state index >= 15 is 0 Å². The minimum atomic E-state index is 0.625. The van der Waals surface area contributed by atoms with Crippen molar-refractivity contribution in [1.29, 1.82) is 0 Å². The molecule has 74 valence electrons. The van der Waals surface area contributed by atoms with Crippen molar-refractivity contribution in [1.82, 2.24) is 5.32 Å². The second-order valence-electron chi connectivity index (χ2n) is 3.78. The second kappa shape index (κ2) is 4.22. The summed E-state index contributed by atoms with van der Waals surface area (Å²) in [6.07, 6.45) is 5.18. The predicted molar refractivity (Wildman–Crippen MR) is 58.1 cm³/mol. The van der Waals surface area contributed by atoms with Crippen LogP contribution in [0.15, 0.2) is 4.99 Å². The van der Waals surface area contributed by atoms with Crippen LogP contribution < -0.4 is 11.1 Å². The number of nitrogens with zero attached hydrogens (tertiary/aromatic N) is 1. The zero-order valence-electron chi connectivity index (χ0n) is 7.83. The monoisotopic (exact) mass is 199 g/mol. The lowest BCUT2D eigenvalue weighted by atomic mass is 10.2. The summed E-state index contributed by atoms with van der Waals surface area (Å²) in [5, 5.41) is 3.92. The van der Waals surface area contributed by atoms with Crippen molar-refractivity contribution in [3.63, 3.8) is 0 Å². The van der Waals surface area contributed by atoms with Crippen molar-refractivity contribution in [2.75, 3.05) is 12.3 Å². The molecule has 4 heteroatoms. The van der Waals surface area contributed by atoms with Crippen LogP contribution in [-0.4, -0.2) is 29.5 Å². The molecule has 2 fully saturated rings. The highest BCUT2D eigenvalue weighted by Crippen LogP contribution is 2.26. The zero-order chi connectivity index (χ0) is 9.10. The number of nitrogens with two attached hydrogens (primary N) is 1. The van der Waals surface area contributed by atoms with Crippen molar-refractivity contribution in [3.05, 3.63) is 0 Å². The first kappa shape index (κ1) is 9.19. The van der Waals surface area contributed by atoms with Crippen molar-refractivity contribution >= 4 is 17.7 Å². The highest BCUT2D eigenvalue weighted by Gasteiger charge is 2.21. The molecule has 1 aliphatic carbocycles. The Kier molecular flexibility index (Phi) is 2.98. The van der Waals surface area contributed by atoms with Gasteiger partial charge in [0.1, 0.15) is 0 Å². The van der Waals surface area contributed by atoms with Crippen LogP contribution in [0.4, 0.5) is 0 Å². The lowest BCUT2D eigenvalue weighted by Crippen LogP contribution is -2.33. The first-order valence-electron chi connectivity index (χ1n) is 5.02. The van der Waals surface area contributed by atoms with Gasteiger partial charge in [0.15, 0.2) is 5.96 Å². The van der Waals surface area contributed by atoms with E-state index in [1.165, 1.54) is 31.4 Å². The molecule has 2 rings (SSSR count). The molecule has 0 aromatic carbocycles. The molecule has 0 aromatic heterocycles. The van der Waals surface area contributed by atoms with Gasteiger partial charge in [-0.15, -0.1) is 0 Å². The van der Waals surface area contributed by atoms with E-state index in [2.05, 4.69) is 10.3 Å². The van der Waals surface area contributed by atoms with Crippen molar-refractivity contribution in [2.45, 2.75) is 37.0 Å². The maximum atomic E-state index is 5.72. The second-order valence-corrected chi connectivity index (χ2v) is 5.19. The lowest BCUT2D eigenvalue weighted by Gasteiger charge is -2.06. The van der Waals surface area contributed by atoms with Crippen LogP contribution in [0, 0.1) is 0 Å². The quantitative estimate of drug-likeness (QED) is 0.525. The summed E-state index contributed by atoms with van der Waals surface area (Å²) in [6, 6.07) is 0.625. The van der Waals surface area contributed by atoms with E-state index in [9.17, 15) is 0 Å². The van der Waals surface area contributed by atoms with Crippen LogP contribution in [-0.2, 0) is 0 Å². The molecular weight excluding hydrogens is 182 g/mol. The average molecular weight is 199 g/mol. The third-order valence-electron chi connectivity index (χ3n) is 2.42. The van der Waals surface area contributed by atoms with Crippen LogP contribution in [0.2, 0.25) is 0 Å². The molecule has 3 N–H and O–H groups in total. The van der Waals surface area contributed by atoms with Gasteiger partial charge in [-0.05, 0) is 31.4 Å². The molecular formula is C9H17N3S. The Balaban J connectivity index is 1.67. The highest BCUT2D eigenvalue weighted by molar-refractivity contribution is 8.00. The van der Waals surface area contributed by atoms with Gasteiger partial charge in [-0.3, -0.25) is 4.99 Å². The van der Waals surface area contributed by atoms with Gasteiger partial charge in [0.2, 0.25) is 0 Å². The van der Waals surface area contributed by atoms with Gasteiger partial charge in [-0.25, -0.2) is 0 Å². The summed E-state index contributed by atoms with van der Waals surface area (Å²) in [7, 11) is 0. The Morgan fingerprint density at radius 1 is 1.46 bits per heavy atom. The fraction of sp³-hybridized carbons (Fsp3) is 0.889. The van der Waals surface area contributed by atoms with Gasteiger partial charge in [-0.1, -0.05) is 0 Å². The number of hydrogen-bond acceptors (Lipinski definition) is 2. The Morgan fingerprint density at radius 3 is 2.92 bits per heavy atom. The summed E-state index contributed by atoms with van der Waals surface area (Å²) < 4.78 is 0. The smallest absolute Gasteiger partial charge is 0.188 e. The van der Waals surface area contributed by atoms with Crippen molar-refractivity contribution in [2.24, 2.45) is 10.7 Å². The van der Waals surface area contributed by atoms with Gasteiger partial charge in [0.25, 0.3) is 0 Å². The van der Waals surface area contributed by atoms with E-state index < -0.39 is 0 Å². The molecule has 2 aliphatic rings. The first-order valence-corrected chi connectivity index (χ1v) is 6.07. The van der Waals surface area contributed by atoms with Crippen LogP contribution in [0.5, 0.6) is 0 Å². The fourth-order valence-electron chi connectivity index (χ4n) is 1.47. The Bertz CT molecular complexity index is 195. The molecule has 13 heavy (non-hydrogen) atoms. The summed E-state index contributed by atoms with van der Waals surface area (Å²) in [5.74, 6) is 1.95. The first-order chi connectivity index (χ1) is 6.34. The Hall–Kier alpha value is -0.380. The number of hydrogen-bond donors (Lipinski definition) is 2. The largest absolute Gasteiger partial charge is 0.370 e. The number of guanidine groups is 1. The normalized spacial score (nSPS) is 29.2. The van der Waals surface area contributed by atoms with Crippen molar-refractivity contribution < 1.29 is 0 Å². The van der Waals surface area contributed by atoms with Gasteiger partial charge in [0.05, 0.1) is 6.54 Å². The molecule has 0 bridgehead atoms. The van der Waals surface area contributed by atoms with E-state index in [0.717, 1.165) is 11.8 Å². The summed E-state index contributed by atoms with van der Waals surface area (Å²) in [6.45, 7) is 0.899. The number of nitrogens with one attached hydrogen (secondary N) is 1. The van der Waals surface area contributed by atoms with E-state index in [1.54, 1.807) is 0 Å². The average Bonchev–Trinajstić information content (AvgIpc) is 2.78. The Morgan fingerprint density at radius 2 is 2.31 bits per heavy atom. The molecule has 0 aromatic rings. The molecule has 0 radical (unpaired) electrons. The molecule has 1 saturated carbocycles. The molecule has 3 nitrogen and oxygen atoms in total. The van der Waals surface area contributed by atoms with Gasteiger partial charge in [0, 0.05) is 11.3 Å².